The fourth-order valence-corrected chi connectivity index (χ4v) is 3.08. The molecule has 29 heavy (non-hydrogen) atoms. The number of hydrogen-bond acceptors (Lipinski definition) is 3. The minimum atomic E-state index is -0.654. The summed E-state index contributed by atoms with van der Waals surface area (Å²) in [6.07, 6.45) is 3.29. The number of nitrogens with zero attached hydrogens (tertiary/aromatic N) is 3. The summed E-state index contributed by atoms with van der Waals surface area (Å²) < 4.78 is 1.83. The Morgan fingerprint density at radius 3 is 2.28 bits per heavy atom. The third-order valence-electron chi connectivity index (χ3n) is 4.57. The van der Waals surface area contributed by atoms with Gasteiger partial charge in [0.2, 0.25) is 5.91 Å². The molecule has 1 aromatic carbocycles. The zero-order chi connectivity index (χ0) is 21.6. The van der Waals surface area contributed by atoms with Crippen LogP contribution in [-0.4, -0.2) is 45.6 Å². The first kappa shape index (κ1) is 22.4. The maximum atomic E-state index is 12.5. The lowest BCUT2D eigenvalue weighted by atomic mass is 10.1. The van der Waals surface area contributed by atoms with E-state index in [4.69, 9.17) is 11.6 Å². The minimum absolute atomic E-state index is 0.184. The standard InChI is InChI=1S/C22H27ClN4O2/c1-6-12-26(13-7-2)22(29)16(4)24-21(28)19-10-8-18(9-11-19)14-27-17(5)20(23)15(3)25-27/h6-11,16H,1-2,12-14H2,3-5H3,(H,24,28). The second-order valence-corrected chi connectivity index (χ2v) is 7.23. The Morgan fingerprint density at radius 2 is 1.79 bits per heavy atom. The third kappa shape index (κ3) is 5.57. The van der Waals surface area contributed by atoms with Crippen molar-refractivity contribution in [1.29, 1.82) is 0 Å². The van der Waals surface area contributed by atoms with Crippen LogP contribution in [0.15, 0.2) is 49.6 Å². The molecule has 0 aliphatic heterocycles. The number of aryl methyl sites for hydroxylation is 1. The van der Waals surface area contributed by atoms with E-state index in [0.29, 0.717) is 30.2 Å². The zero-order valence-corrected chi connectivity index (χ0v) is 17.9. The van der Waals surface area contributed by atoms with Crippen LogP contribution in [-0.2, 0) is 11.3 Å². The summed E-state index contributed by atoms with van der Waals surface area (Å²) in [7, 11) is 0. The smallest absolute Gasteiger partial charge is 0.251 e. The maximum absolute atomic E-state index is 12.5. The Kier molecular flexibility index (Phi) is 7.79. The monoisotopic (exact) mass is 414 g/mol. The molecule has 0 bridgehead atoms. The molecule has 1 N–H and O–H groups in total. The predicted octanol–water partition coefficient (Wildman–Crippen LogP) is 3.52. The van der Waals surface area contributed by atoms with Gasteiger partial charge < -0.3 is 10.2 Å². The fourth-order valence-electron chi connectivity index (χ4n) is 2.95. The van der Waals surface area contributed by atoms with E-state index in [9.17, 15) is 9.59 Å². The molecule has 2 rings (SSSR count). The molecule has 0 fully saturated rings. The Hall–Kier alpha value is -2.86. The van der Waals surface area contributed by atoms with E-state index in [0.717, 1.165) is 17.0 Å². The highest BCUT2D eigenvalue weighted by Gasteiger charge is 2.21. The van der Waals surface area contributed by atoms with Crippen LogP contribution < -0.4 is 5.32 Å². The van der Waals surface area contributed by atoms with Gasteiger partial charge in [0.15, 0.2) is 0 Å². The molecule has 1 unspecified atom stereocenters. The zero-order valence-electron chi connectivity index (χ0n) is 17.1. The van der Waals surface area contributed by atoms with Crippen molar-refractivity contribution in [3.8, 4) is 0 Å². The number of carbonyl (C=O) groups excluding carboxylic acids is 2. The summed E-state index contributed by atoms with van der Waals surface area (Å²) in [6, 6.07) is 6.56. The lowest BCUT2D eigenvalue weighted by molar-refractivity contribution is -0.131. The van der Waals surface area contributed by atoms with Crippen molar-refractivity contribution >= 4 is 23.4 Å². The highest BCUT2D eigenvalue weighted by atomic mass is 35.5. The quantitative estimate of drug-likeness (QED) is 0.638. The van der Waals surface area contributed by atoms with Crippen LogP contribution in [0.1, 0.15) is 34.2 Å². The van der Waals surface area contributed by atoms with Crippen molar-refractivity contribution < 1.29 is 9.59 Å². The second-order valence-electron chi connectivity index (χ2n) is 6.86. The van der Waals surface area contributed by atoms with Gasteiger partial charge in [-0.15, -0.1) is 13.2 Å². The molecule has 2 amide bonds. The maximum Gasteiger partial charge on any atom is 0.251 e. The van der Waals surface area contributed by atoms with Crippen molar-refractivity contribution in [2.24, 2.45) is 0 Å². The number of halogens is 1. The van der Waals surface area contributed by atoms with E-state index in [2.05, 4.69) is 23.6 Å². The van der Waals surface area contributed by atoms with Crippen LogP contribution in [0.2, 0.25) is 5.02 Å². The number of carbonyl (C=O) groups is 2. The van der Waals surface area contributed by atoms with Gasteiger partial charge in [0.05, 0.1) is 23.0 Å². The number of amides is 2. The van der Waals surface area contributed by atoms with Gasteiger partial charge in [-0.3, -0.25) is 14.3 Å². The van der Waals surface area contributed by atoms with E-state index >= 15 is 0 Å². The van der Waals surface area contributed by atoms with Crippen molar-refractivity contribution in [3.63, 3.8) is 0 Å². The molecule has 0 aliphatic rings. The first-order valence-corrected chi connectivity index (χ1v) is 9.76. The Morgan fingerprint density at radius 1 is 1.21 bits per heavy atom. The summed E-state index contributed by atoms with van der Waals surface area (Å²) in [6.45, 7) is 14.1. The number of hydrogen-bond donors (Lipinski definition) is 1. The van der Waals surface area contributed by atoms with Gasteiger partial charge >= 0.3 is 0 Å². The average molecular weight is 415 g/mol. The molecule has 6 nitrogen and oxygen atoms in total. The van der Waals surface area contributed by atoms with Crippen molar-refractivity contribution in [2.45, 2.75) is 33.4 Å². The van der Waals surface area contributed by atoms with Crippen molar-refractivity contribution in [2.75, 3.05) is 13.1 Å². The van der Waals surface area contributed by atoms with Gasteiger partial charge in [0.25, 0.3) is 5.91 Å². The third-order valence-corrected chi connectivity index (χ3v) is 5.12. The van der Waals surface area contributed by atoms with Gasteiger partial charge in [-0.05, 0) is 38.5 Å². The molecule has 1 heterocycles. The number of aromatic nitrogens is 2. The van der Waals surface area contributed by atoms with Gasteiger partial charge in [0.1, 0.15) is 6.04 Å². The largest absolute Gasteiger partial charge is 0.341 e. The van der Waals surface area contributed by atoms with Gasteiger partial charge in [-0.1, -0.05) is 35.9 Å². The summed E-state index contributed by atoms with van der Waals surface area (Å²) in [4.78, 5) is 26.6. The lowest BCUT2D eigenvalue weighted by Gasteiger charge is -2.23. The normalized spacial score (nSPS) is 11.6. The highest BCUT2D eigenvalue weighted by molar-refractivity contribution is 6.31. The van der Waals surface area contributed by atoms with Crippen molar-refractivity contribution in [3.05, 3.63) is 77.1 Å². The molecule has 0 saturated heterocycles. The summed E-state index contributed by atoms with van der Waals surface area (Å²) in [5.74, 6) is -0.486. The number of benzene rings is 1. The number of nitrogens with one attached hydrogen (secondary N) is 1. The Labute approximate surface area is 176 Å². The van der Waals surface area contributed by atoms with E-state index in [1.807, 2.05) is 30.7 Å². The fraction of sp³-hybridized carbons (Fsp3) is 0.318. The highest BCUT2D eigenvalue weighted by Crippen LogP contribution is 2.20. The van der Waals surface area contributed by atoms with Gasteiger partial charge in [-0.25, -0.2) is 0 Å². The average Bonchev–Trinajstić information content (AvgIpc) is 2.94. The Balaban J connectivity index is 2.02. The van der Waals surface area contributed by atoms with E-state index in [-0.39, 0.29) is 11.8 Å². The number of rotatable bonds is 9. The summed E-state index contributed by atoms with van der Waals surface area (Å²) >= 11 is 6.19. The molecule has 1 atom stereocenters. The summed E-state index contributed by atoms with van der Waals surface area (Å²) in [5.41, 5.74) is 3.18. The van der Waals surface area contributed by atoms with Crippen LogP contribution in [0.4, 0.5) is 0 Å². The molecule has 0 saturated carbocycles. The van der Waals surface area contributed by atoms with Gasteiger partial charge in [0, 0.05) is 18.7 Å². The molecular weight excluding hydrogens is 388 g/mol. The molecule has 0 aliphatic carbocycles. The first-order valence-electron chi connectivity index (χ1n) is 9.38. The van der Waals surface area contributed by atoms with Crippen LogP contribution in [0.5, 0.6) is 0 Å². The Bertz CT molecular complexity index is 892. The molecular formula is C22H27ClN4O2. The summed E-state index contributed by atoms with van der Waals surface area (Å²) in [5, 5.41) is 7.83. The molecule has 1 aromatic heterocycles. The molecule has 2 aromatic rings. The van der Waals surface area contributed by atoms with Crippen LogP contribution in [0.3, 0.4) is 0 Å². The van der Waals surface area contributed by atoms with E-state index in [1.54, 1.807) is 36.1 Å². The van der Waals surface area contributed by atoms with Crippen LogP contribution >= 0.6 is 11.6 Å². The lowest BCUT2D eigenvalue weighted by Crippen LogP contribution is -2.47. The molecule has 0 spiro atoms. The van der Waals surface area contributed by atoms with E-state index in [1.165, 1.54) is 0 Å². The first-order chi connectivity index (χ1) is 13.8. The second kappa shape index (κ2) is 10.1. The molecule has 154 valence electrons. The van der Waals surface area contributed by atoms with Gasteiger partial charge in [-0.2, -0.15) is 5.10 Å². The van der Waals surface area contributed by atoms with E-state index < -0.39 is 6.04 Å². The molecule has 7 heteroatoms. The topological polar surface area (TPSA) is 67.2 Å². The van der Waals surface area contributed by atoms with Crippen LogP contribution in [0, 0.1) is 13.8 Å². The van der Waals surface area contributed by atoms with Crippen LogP contribution in [0.25, 0.3) is 0 Å². The molecule has 0 radical (unpaired) electrons. The van der Waals surface area contributed by atoms with Crippen molar-refractivity contribution in [1.82, 2.24) is 20.0 Å². The SMILES string of the molecule is C=CCN(CC=C)C(=O)C(C)NC(=O)c1ccc(Cn2nc(C)c(Cl)c2C)cc1. The predicted molar refractivity (Wildman–Crippen MR) is 116 cm³/mol. The minimum Gasteiger partial charge on any atom is -0.341 e.